The molecular formula is C14H18N2O. The third-order valence-corrected chi connectivity index (χ3v) is 2.82. The number of benzene rings is 1. The van der Waals surface area contributed by atoms with Gasteiger partial charge in [-0.3, -0.25) is 0 Å². The van der Waals surface area contributed by atoms with E-state index in [0.29, 0.717) is 6.42 Å². The number of nitrogens with zero attached hydrogens (tertiary/aromatic N) is 2. The molecule has 17 heavy (non-hydrogen) atoms. The van der Waals surface area contributed by atoms with E-state index in [4.69, 9.17) is 0 Å². The van der Waals surface area contributed by atoms with Crippen LogP contribution >= 0.6 is 0 Å². The van der Waals surface area contributed by atoms with Gasteiger partial charge in [0.05, 0.1) is 24.3 Å². The van der Waals surface area contributed by atoms with E-state index < -0.39 is 6.10 Å². The van der Waals surface area contributed by atoms with Crippen LogP contribution in [0.15, 0.2) is 42.9 Å². The van der Waals surface area contributed by atoms with Gasteiger partial charge in [0, 0.05) is 13.0 Å². The van der Waals surface area contributed by atoms with Crippen molar-refractivity contribution in [2.24, 2.45) is 0 Å². The molecule has 90 valence electrons. The van der Waals surface area contributed by atoms with Gasteiger partial charge >= 0.3 is 0 Å². The second-order valence-electron chi connectivity index (χ2n) is 4.22. The van der Waals surface area contributed by atoms with Crippen molar-refractivity contribution >= 4 is 0 Å². The van der Waals surface area contributed by atoms with E-state index in [1.54, 1.807) is 12.5 Å². The van der Waals surface area contributed by atoms with Crippen molar-refractivity contribution in [1.29, 1.82) is 0 Å². The maximum Gasteiger partial charge on any atom is 0.0995 e. The Hall–Kier alpha value is -1.61. The van der Waals surface area contributed by atoms with Crippen LogP contribution in [0.2, 0.25) is 0 Å². The Morgan fingerprint density at radius 1 is 1.29 bits per heavy atom. The Morgan fingerprint density at radius 2 is 2.06 bits per heavy atom. The summed E-state index contributed by atoms with van der Waals surface area (Å²) in [5.74, 6) is 0. The Labute approximate surface area is 102 Å². The van der Waals surface area contributed by atoms with Gasteiger partial charge in [0.2, 0.25) is 0 Å². The molecule has 0 bridgehead atoms. The largest absolute Gasteiger partial charge is 0.386 e. The fourth-order valence-corrected chi connectivity index (χ4v) is 1.98. The highest BCUT2D eigenvalue weighted by atomic mass is 16.3. The lowest BCUT2D eigenvalue weighted by molar-refractivity contribution is 0.168. The summed E-state index contributed by atoms with van der Waals surface area (Å²) in [6.07, 6.45) is 4.74. The molecule has 1 atom stereocenters. The zero-order chi connectivity index (χ0) is 12.1. The molecule has 1 unspecified atom stereocenters. The first-order valence-corrected chi connectivity index (χ1v) is 6.03. The first kappa shape index (κ1) is 11.9. The second-order valence-corrected chi connectivity index (χ2v) is 4.22. The minimum atomic E-state index is -0.480. The molecule has 0 radical (unpaired) electrons. The van der Waals surface area contributed by atoms with Gasteiger partial charge in [-0.2, -0.15) is 0 Å². The van der Waals surface area contributed by atoms with E-state index in [0.717, 1.165) is 24.2 Å². The van der Waals surface area contributed by atoms with Crippen molar-refractivity contribution < 1.29 is 5.11 Å². The number of imidazole rings is 1. The molecule has 3 heteroatoms. The molecule has 1 N–H and O–H groups in total. The van der Waals surface area contributed by atoms with Crippen molar-refractivity contribution in [3.8, 4) is 0 Å². The summed E-state index contributed by atoms with van der Waals surface area (Å²) in [4.78, 5) is 4.11. The smallest absolute Gasteiger partial charge is 0.0995 e. The highest BCUT2D eigenvalue weighted by Gasteiger charge is 2.12. The highest BCUT2D eigenvalue weighted by molar-refractivity contribution is 5.17. The Kier molecular flexibility index (Phi) is 3.94. The fourth-order valence-electron chi connectivity index (χ4n) is 1.98. The van der Waals surface area contributed by atoms with Gasteiger partial charge in [-0.15, -0.1) is 0 Å². The molecule has 1 aromatic heterocycles. The summed E-state index contributed by atoms with van der Waals surface area (Å²) in [5, 5.41) is 10.2. The van der Waals surface area contributed by atoms with Gasteiger partial charge in [0.25, 0.3) is 0 Å². The van der Waals surface area contributed by atoms with Crippen LogP contribution < -0.4 is 0 Å². The minimum Gasteiger partial charge on any atom is -0.386 e. The van der Waals surface area contributed by atoms with E-state index in [-0.39, 0.29) is 0 Å². The second kappa shape index (κ2) is 5.64. The number of aromatic nitrogens is 2. The van der Waals surface area contributed by atoms with Crippen LogP contribution in [0.3, 0.4) is 0 Å². The average molecular weight is 230 g/mol. The third kappa shape index (κ3) is 2.94. The van der Waals surface area contributed by atoms with Gasteiger partial charge in [0.1, 0.15) is 0 Å². The zero-order valence-corrected chi connectivity index (χ0v) is 10.1. The molecule has 0 saturated heterocycles. The molecule has 2 rings (SSSR count). The van der Waals surface area contributed by atoms with Crippen LogP contribution in [0.1, 0.15) is 30.7 Å². The number of rotatable bonds is 5. The zero-order valence-electron chi connectivity index (χ0n) is 10.1. The van der Waals surface area contributed by atoms with Crippen LogP contribution in [0.25, 0.3) is 0 Å². The maximum atomic E-state index is 10.2. The molecule has 1 aromatic carbocycles. The summed E-state index contributed by atoms with van der Waals surface area (Å²) in [7, 11) is 0. The number of aryl methyl sites for hydroxylation is 1. The third-order valence-electron chi connectivity index (χ3n) is 2.82. The predicted molar refractivity (Wildman–Crippen MR) is 67.6 cm³/mol. The normalized spacial score (nSPS) is 12.6. The topological polar surface area (TPSA) is 38.0 Å². The summed E-state index contributed by atoms with van der Waals surface area (Å²) >= 11 is 0. The molecule has 2 aromatic rings. The van der Waals surface area contributed by atoms with Crippen LogP contribution in [0.4, 0.5) is 0 Å². The van der Waals surface area contributed by atoms with Crippen molar-refractivity contribution in [2.45, 2.75) is 32.4 Å². The molecular weight excluding hydrogens is 212 g/mol. The van der Waals surface area contributed by atoms with Gasteiger partial charge in [-0.1, -0.05) is 37.3 Å². The summed E-state index contributed by atoms with van der Waals surface area (Å²) < 4.78 is 2.02. The first-order valence-electron chi connectivity index (χ1n) is 6.03. The van der Waals surface area contributed by atoms with Gasteiger partial charge in [0.15, 0.2) is 0 Å². The average Bonchev–Trinajstić information content (AvgIpc) is 2.79. The van der Waals surface area contributed by atoms with Gasteiger partial charge in [-0.05, 0) is 12.0 Å². The Balaban J connectivity index is 2.09. The fraction of sp³-hybridized carbons (Fsp3) is 0.357. The van der Waals surface area contributed by atoms with Crippen molar-refractivity contribution in [1.82, 2.24) is 9.55 Å². The number of aliphatic hydroxyl groups excluding tert-OH is 1. The Bertz CT molecular complexity index is 450. The molecule has 0 aliphatic rings. The SMILES string of the molecule is CCCn1cncc1C(O)Cc1ccccc1. The molecule has 1 heterocycles. The summed E-state index contributed by atoms with van der Waals surface area (Å²) in [5.41, 5.74) is 2.04. The molecule has 0 saturated carbocycles. The molecule has 3 nitrogen and oxygen atoms in total. The monoisotopic (exact) mass is 230 g/mol. The number of hydrogen-bond acceptors (Lipinski definition) is 2. The summed E-state index contributed by atoms with van der Waals surface area (Å²) in [6.45, 7) is 3.02. The predicted octanol–water partition coefficient (Wildman–Crippen LogP) is 2.57. The van der Waals surface area contributed by atoms with Crippen molar-refractivity contribution in [3.05, 3.63) is 54.1 Å². The van der Waals surface area contributed by atoms with Crippen molar-refractivity contribution in [2.75, 3.05) is 0 Å². The van der Waals surface area contributed by atoms with E-state index >= 15 is 0 Å². The standard InChI is InChI=1S/C14H18N2O/c1-2-8-16-11-15-10-13(16)14(17)9-12-6-4-3-5-7-12/h3-7,10-11,14,17H,2,8-9H2,1H3. The van der Waals surface area contributed by atoms with E-state index in [2.05, 4.69) is 11.9 Å². The molecule has 0 aliphatic heterocycles. The van der Waals surface area contributed by atoms with E-state index in [1.807, 2.05) is 34.9 Å². The molecule has 0 spiro atoms. The molecule has 0 aliphatic carbocycles. The lowest BCUT2D eigenvalue weighted by atomic mass is 10.1. The highest BCUT2D eigenvalue weighted by Crippen LogP contribution is 2.18. The van der Waals surface area contributed by atoms with Crippen LogP contribution in [-0.4, -0.2) is 14.7 Å². The number of aliphatic hydroxyl groups is 1. The van der Waals surface area contributed by atoms with Crippen LogP contribution in [0.5, 0.6) is 0 Å². The summed E-state index contributed by atoms with van der Waals surface area (Å²) in [6, 6.07) is 10.0. The van der Waals surface area contributed by atoms with Crippen molar-refractivity contribution in [3.63, 3.8) is 0 Å². The Morgan fingerprint density at radius 3 is 2.76 bits per heavy atom. The molecule has 0 fully saturated rings. The first-order chi connectivity index (χ1) is 8.31. The van der Waals surface area contributed by atoms with Crippen LogP contribution in [-0.2, 0) is 13.0 Å². The van der Waals surface area contributed by atoms with Gasteiger partial charge in [-0.25, -0.2) is 4.98 Å². The minimum absolute atomic E-state index is 0.480. The maximum absolute atomic E-state index is 10.2. The van der Waals surface area contributed by atoms with Gasteiger partial charge < -0.3 is 9.67 Å². The van der Waals surface area contributed by atoms with E-state index in [1.165, 1.54) is 0 Å². The van der Waals surface area contributed by atoms with E-state index in [9.17, 15) is 5.11 Å². The quantitative estimate of drug-likeness (QED) is 0.857. The number of hydrogen-bond donors (Lipinski definition) is 1. The molecule has 0 amide bonds. The lowest BCUT2D eigenvalue weighted by Crippen LogP contribution is -2.09. The lowest BCUT2D eigenvalue weighted by Gasteiger charge is -2.13. The van der Waals surface area contributed by atoms with Crippen LogP contribution in [0, 0.1) is 0 Å².